The molecule has 0 radical (unpaired) electrons. The van der Waals surface area contributed by atoms with Gasteiger partial charge in [0.05, 0.1) is 0 Å². The van der Waals surface area contributed by atoms with E-state index in [1.165, 1.54) is 0 Å². The Balaban J connectivity index is 1.94. The predicted molar refractivity (Wildman–Crippen MR) is 112 cm³/mol. The number of carbonyl (C=O) groups excluding carboxylic acids is 1. The van der Waals surface area contributed by atoms with Gasteiger partial charge in [-0.2, -0.15) is 0 Å². The van der Waals surface area contributed by atoms with Gasteiger partial charge in [0, 0.05) is 43.0 Å². The average Bonchev–Trinajstić information content (AvgIpc) is 3.01. The van der Waals surface area contributed by atoms with Crippen LogP contribution in [0.15, 0.2) is 29.3 Å². The third kappa shape index (κ3) is 6.30. The molecule has 1 saturated heterocycles. The lowest BCUT2D eigenvalue weighted by atomic mass is 10.1. The highest BCUT2D eigenvalue weighted by Crippen LogP contribution is 2.18. The van der Waals surface area contributed by atoms with Crippen LogP contribution in [0.2, 0.25) is 0 Å². The molecule has 1 fully saturated rings. The fourth-order valence-electron chi connectivity index (χ4n) is 3.15. The monoisotopic (exact) mass is 369 g/mol. The van der Waals surface area contributed by atoms with Gasteiger partial charge in [-0.05, 0) is 44.9 Å². The largest absolute Gasteiger partial charge is 0.357 e. The molecule has 1 aliphatic rings. The fraction of sp³-hybridized carbons (Fsp3) is 0.524. The van der Waals surface area contributed by atoms with Crippen LogP contribution in [-0.4, -0.2) is 55.0 Å². The highest BCUT2D eigenvalue weighted by molar-refractivity contribution is 5.94. The Labute approximate surface area is 162 Å². The zero-order chi connectivity index (χ0) is 19.8. The molecule has 0 saturated carbocycles. The maximum atomic E-state index is 12.2. The summed E-state index contributed by atoms with van der Waals surface area (Å²) in [6.07, 6.45) is 5.39. The van der Waals surface area contributed by atoms with Crippen molar-refractivity contribution in [1.29, 1.82) is 0 Å². The van der Waals surface area contributed by atoms with Gasteiger partial charge in [0.25, 0.3) is 0 Å². The average molecular weight is 370 g/mol. The van der Waals surface area contributed by atoms with Gasteiger partial charge in [0.1, 0.15) is 6.54 Å². The third-order valence-corrected chi connectivity index (χ3v) is 4.73. The molecule has 2 rings (SSSR count). The number of guanidine groups is 1. The predicted octanol–water partition coefficient (Wildman–Crippen LogP) is 1.89. The summed E-state index contributed by atoms with van der Waals surface area (Å²) in [5, 5.41) is 9.54. The van der Waals surface area contributed by atoms with Gasteiger partial charge in [-0.25, -0.2) is 4.99 Å². The Morgan fingerprint density at radius 2 is 2.19 bits per heavy atom. The van der Waals surface area contributed by atoms with Gasteiger partial charge in [-0.15, -0.1) is 6.42 Å². The molecule has 1 aliphatic heterocycles. The minimum Gasteiger partial charge on any atom is -0.357 e. The van der Waals surface area contributed by atoms with E-state index in [2.05, 4.69) is 52.5 Å². The Kier molecular flexibility index (Phi) is 7.68. The zero-order valence-electron chi connectivity index (χ0n) is 16.7. The number of aliphatic imine (C=N–C) groups is 1. The van der Waals surface area contributed by atoms with Crippen LogP contribution in [0, 0.1) is 18.3 Å². The molecule has 2 unspecified atom stereocenters. The summed E-state index contributed by atoms with van der Waals surface area (Å²) in [4.78, 5) is 19.1. The molecular weight excluding hydrogens is 338 g/mol. The molecule has 6 heteroatoms. The van der Waals surface area contributed by atoms with Crippen LogP contribution >= 0.6 is 0 Å². The first-order valence-electron chi connectivity index (χ1n) is 9.58. The van der Waals surface area contributed by atoms with Gasteiger partial charge in [-0.3, -0.25) is 9.69 Å². The van der Waals surface area contributed by atoms with Gasteiger partial charge in [0.15, 0.2) is 5.96 Å². The number of nitrogens with one attached hydrogen (secondary N) is 3. The number of hydrogen-bond donors (Lipinski definition) is 3. The zero-order valence-corrected chi connectivity index (χ0v) is 16.7. The SMILES string of the molecule is C#Cc1cccc(NC(=O)CN=C(NCC)NC2CN(C(C)C)CC2C)c1. The highest BCUT2D eigenvalue weighted by Gasteiger charge is 2.31. The van der Waals surface area contributed by atoms with E-state index in [4.69, 9.17) is 6.42 Å². The molecule has 2 atom stereocenters. The number of carbonyl (C=O) groups is 1. The Bertz CT molecular complexity index is 707. The molecule has 1 amide bonds. The van der Waals surface area contributed by atoms with Crippen LogP contribution in [0.1, 0.15) is 33.3 Å². The molecular formula is C21H31N5O. The minimum absolute atomic E-state index is 0.0462. The van der Waals surface area contributed by atoms with Crippen LogP contribution in [0.5, 0.6) is 0 Å². The highest BCUT2D eigenvalue weighted by atomic mass is 16.1. The summed E-state index contributed by atoms with van der Waals surface area (Å²) in [5.74, 6) is 3.58. The number of rotatable bonds is 6. The van der Waals surface area contributed by atoms with Crippen molar-refractivity contribution >= 4 is 17.6 Å². The van der Waals surface area contributed by atoms with Crippen molar-refractivity contribution in [2.45, 2.75) is 39.8 Å². The lowest BCUT2D eigenvalue weighted by Gasteiger charge is -2.21. The topological polar surface area (TPSA) is 68.8 Å². The molecule has 1 aromatic rings. The Morgan fingerprint density at radius 1 is 1.41 bits per heavy atom. The number of nitrogens with zero attached hydrogens (tertiary/aromatic N) is 2. The number of benzene rings is 1. The summed E-state index contributed by atoms with van der Waals surface area (Å²) in [6.45, 7) is 11.5. The number of hydrogen-bond acceptors (Lipinski definition) is 3. The van der Waals surface area contributed by atoms with Crippen molar-refractivity contribution in [1.82, 2.24) is 15.5 Å². The third-order valence-electron chi connectivity index (χ3n) is 4.73. The normalized spacial score (nSPS) is 20.4. The molecule has 1 heterocycles. The second-order valence-corrected chi connectivity index (χ2v) is 7.24. The van der Waals surface area contributed by atoms with Crippen molar-refractivity contribution < 1.29 is 4.79 Å². The summed E-state index contributed by atoms with van der Waals surface area (Å²) >= 11 is 0. The van der Waals surface area contributed by atoms with Crippen LogP contribution in [0.3, 0.4) is 0 Å². The second kappa shape index (κ2) is 9.98. The first kappa shape index (κ1) is 20.8. The van der Waals surface area contributed by atoms with Crippen molar-refractivity contribution in [2.75, 3.05) is 31.5 Å². The summed E-state index contributed by atoms with van der Waals surface area (Å²) < 4.78 is 0. The first-order chi connectivity index (χ1) is 12.9. The lowest BCUT2D eigenvalue weighted by molar-refractivity contribution is -0.114. The molecule has 3 N–H and O–H groups in total. The van der Waals surface area contributed by atoms with E-state index in [9.17, 15) is 4.79 Å². The Morgan fingerprint density at radius 3 is 2.81 bits per heavy atom. The van der Waals surface area contributed by atoms with Crippen molar-refractivity contribution in [3.63, 3.8) is 0 Å². The van der Waals surface area contributed by atoms with Gasteiger partial charge < -0.3 is 16.0 Å². The van der Waals surface area contributed by atoms with E-state index in [1.807, 2.05) is 25.1 Å². The molecule has 0 aromatic heterocycles. The van der Waals surface area contributed by atoms with Crippen molar-refractivity contribution in [2.24, 2.45) is 10.9 Å². The van der Waals surface area contributed by atoms with Crippen LogP contribution < -0.4 is 16.0 Å². The van der Waals surface area contributed by atoms with Gasteiger partial charge in [-0.1, -0.05) is 18.9 Å². The summed E-state index contributed by atoms with van der Waals surface area (Å²) in [7, 11) is 0. The standard InChI is InChI=1S/C21H31N5O/c1-6-17-9-8-10-18(11-17)24-20(27)12-23-21(22-7-2)25-19-14-26(15(3)4)13-16(19)5/h1,8-11,15-16,19H,7,12-14H2,2-5H3,(H,24,27)(H2,22,23,25). The molecule has 0 aliphatic carbocycles. The summed E-state index contributed by atoms with van der Waals surface area (Å²) in [6, 6.07) is 8.08. The van der Waals surface area contributed by atoms with E-state index < -0.39 is 0 Å². The summed E-state index contributed by atoms with van der Waals surface area (Å²) in [5.41, 5.74) is 1.41. The molecule has 27 heavy (non-hydrogen) atoms. The second-order valence-electron chi connectivity index (χ2n) is 7.24. The maximum absolute atomic E-state index is 12.2. The Hall–Kier alpha value is -2.52. The first-order valence-corrected chi connectivity index (χ1v) is 9.58. The van der Waals surface area contributed by atoms with Gasteiger partial charge in [0.2, 0.25) is 5.91 Å². The van der Waals surface area contributed by atoms with Gasteiger partial charge >= 0.3 is 0 Å². The number of amides is 1. The maximum Gasteiger partial charge on any atom is 0.246 e. The van der Waals surface area contributed by atoms with Crippen LogP contribution in [0.25, 0.3) is 0 Å². The smallest absolute Gasteiger partial charge is 0.246 e. The molecule has 6 nitrogen and oxygen atoms in total. The van der Waals surface area contributed by atoms with E-state index >= 15 is 0 Å². The van der Waals surface area contributed by atoms with E-state index in [0.29, 0.717) is 29.6 Å². The van der Waals surface area contributed by atoms with E-state index in [0.717, 1.165) is 25.2 Å². The van der Waals surface area contributed by atoms with Crippen LogP contribution in [0.4, 0.5) is 5.69 Å². The van der Waals surface area contributed by atoms with E-state index in [-0.39, 0.29) is 12.5 Å². The van der Waals surface area contributed by atoms with E-state index in [1.54, 1.807) is 6.07 Å². The molecule has 146 valence electrons. The molecule has 0 spiro atoms. The minimum atomic E-state index is -0.176. The quantitative estimate of drug-likeness (QED) is 0.407. The van der Waals surface area contributed by atoms with Crippen molar-refractivity contribution in [3.8, 4) is 12.3 Å². The van der Waals surface area contributed by atoms with Crippen LogP contribution in [-0.2, 0) is 4.79 Å². The molecule has 1 aromatic carbocycles. The number of terminal acetylenes is 1. The fourth-order valence-corrected chi connectivity index (χ4v) is 3.15. The lowest BCUT2D eigenvalue weighted by Crippen LogP contribution is -2.47. The molecule has 0 bridgehead atoms. The number of anilines is 1. The number of likely N-dealkylation sites (tertiary alicyclic amines) is 1. The van der Waals surface area contributed by atoms with Crippen molar-refractivity contribution in [3.05, 3.63) is 29.8 Å².